The molecule has 324 valence electrons. The Bertz CT molecular complexity index is 2730. The summed E-state index contributed by atoms with van der Waals surface area (Å²) in [5.74, 6) is 0. The second-order valence-electron chi connectivity index (χ2n) is 15.0. The van der Waals surface area contributed by atoms with Crippen LogP contribution in [0.1, 0.15) is 39.6 Å². The highest BCUT2D eigenvalue weighted by molar-refractivity contribution is 7.87. The van der Waals surface area contributed by atoms with Crippen LogP contribution in [0.5, 0.6) is 0 Å². The third-order valence-electron chi connectivity index (χ3n) is 11.2. The largest absolute Gasteiger partial charge is 0.523 e. The number of nitrogens with zero attached hydrogens (tertiary/aromatic N) is 4. The molecule has 1 aliphatic heterocycles. The molecule has 8 aromatic rings. The fraction of sp³-hybridized carbons (Fsp3) is 0.163. The second kappa shape index (κ2) is 17.5. The van der Waals surface area contributed by atoms with E-state index in [9.17, 15) is 26.0 Å². The third-order valence-corrected chi connectivity index (χ3v) is 12.3. The van der Waals surface area contributed by atoms with Gasteiger partial charge in [-0.2, -0.15) is 31.0 Å². The Kier molecular flexibility index (Phi) is 11.7. The molecule has 10 nitrogen and oxygen atoms in total. The molecule has 2 aromatic heterocycles. The molecule has 1 aliphatic rings. The van der Waals surface area contributed by atoms with Crippen LogP contribution in [-0.2, 0) is 39.7 Å². The Morgan fingerprint density at radius 2 is 0.984 bits per heavy atom. The molecule has 1 saturated heterocycles. The van der Waals surface area contributed by atoms with Gasteiger partial charge in [0.05, 0.1) is 19.1 Å². The smallest absolute Gasteiger partial charge is 0.358 e. The fourth-order valence-corrected chi connectivity index (χ4v) is 9.01. The number of hydrogen-bond donors (Lipinski definition) is 0. The van der Waals surface area contributed by atoms with Gasteiger partial charge in [-0.15, -0.1) is 0 Å². The summed E-state index contributed by atoms with van der Waals surface area (Å²) in [7, 11) is -6.39. The molecule has 0 radical (unpaired) electrons. The van der Waals surface area contributed by atoms with E-state index in [4.69, 9.17) is 18.4 Å². The standard InChI is InChI=1S/C49H38F4N4O6S/c50-46-54-31-40-44(56-46)57(33-55-40)45-43(63-64(58,59)49(51,52)53)42(62-48(37-25-13-4-14-26-37,38-27-15-5-16-28-38)39-29-17-6-18-30-39)41(61-45)32-60-47(34-19-7-1-8-20-34,35-21-9-2-10-22-35)36-23-11-3-12-24-36/h1-31,33,41-43,45H,32H2/t41-,42-,43-,45-/m1/s1. The minimum atomic E-state index is -6.39. The third kappa shape index (κ3) is 7.86. The molecule has 0 amide bonds. The fourth-order valence-electron chi connectivity index (χ4n) is 8.41. The van der Waals surface area contributed by atoms with E-state index in [0.717, 1.165) is 17.1 Å². The number of rotatable bonds is 14. The van der Waals surface area contributed by atoms with Crippen molar-refractivity contribution in [3.63, 3.8) is 0 Å². The summed E-state index contributed by atoms with van der Waals surface area (Å²) in [5.41, 5.74) is -5.33. The lowest BCUT2D eigenvalue weighted by atomic mass is 9.79. The lowest BCUT2D eigenvalue weighted by Crippen LogP contribution is -2.48. The topological polar surface area (TPSA) is 115 Å². The van der Waals surface area contributed by atoms with Gasteiger partial charge in [-0.05, 0) is 33.4 Å². The van der Waals surface area contributed by atoms with Gasteiger partial charge in [0, 0.05) is 0 Å². The first-order valence-corrected chi connectivity index (χ1v) is 21.6. The van der Waals surface area contributed by atoms with Crippen molar-refractivity contribution in [3.8, 4) is 0 Å². The Morgan fingerprint density at radius 3 is 1.39 bits per heavy atom. The molecule has 6 aromatic carbocycles. The van der Waals surface area contributed by atoms with Crippen molar-refractivity contribution in [2.75, 3.05) is 6.61 Å². The number of aromatic nitrogens is 4. The molecule has 0 N–H and O–H groups in total. The zero-order chi connectivity index (χ0) is 44.4. The Morgan fingerprint density at radius 1 is 0.578 bits per heavy atom. The van der Waals surface area contributed by atoms with E-state index in [0.29, 0.717) is 33.4 Å². The molecule has 15 heteroatoms. The van der Waals surface area contributed by atoms with Gasteiger partial charge < -0.3 is 14.2 Å². The molecule has 0 unspecified atom stereocenters. The highest BCUT2D eigenvalue weighted by Crippen LogP contribution is 2.48. The van der Waals surface area contributed by atoms with Crippen molar-refractivity contribution in [1.82, 2.24) is 19.5 Å². The van der Waals surface area contributed by atoms with Crippen LogP contribution < -0.4 is 0 Å². The van der Waals surface area contributed by atoms with Crippen LogP contribution in [0.25, 0.3) is 11.2 Å². The van der Waals surface area contributed by atoms with Crippen LogP contribution in [0.15, 0.2) is 195 Å². The molecule has 9 rings (SSSR count). The van der Waals surface area contributed by atoms with Crippen LogP contribution in [0.3, 0.4) is 0 Å². The van der Waals surface area contributed by atoms with Crippen molar-refractivity contribution < 1.29 is 44.4 Å². The molecule has 0 saturated carbocycles. The summed E-state index contributed by atoms with van der Waals surface area (Å²) in [6.45, 7) is -0.434. The van der Waals surface area contributed by atoms with Gasteiger partial charge in [-0.25, -0.2) is 9.97 Å². The van der Waals surface area contributed by atoms with Gasteiger partial charge >= 0.3 is 21.7 Å². The number of imidazole rings is 1. The maximum atomic E-state index is 14.8. The summed E-state index contributed by atoms with van der Waals surface area (Å²) in [5, 5.41) is 0. The first-order valence-electron chi connectivity index (χ1n) is 20.2. The van der Waals surface area contributed by atoms with E-state index in [1.165, 1.54) is 0 Å². The molecule has 0 spiro atoms. The Balaban J connectivity index is 1.28. The average molecular weight is 887 g/mol. The van der Waals surface area contributed by atoms with Crippen molar-refractivity contribution in [2.45, 2.75) is 41.3 Å². The van der Waals surface area contributed by atoms with E-state index in [1.54, 1.807) is 91.0 Å². The van der Waals surface area contributed by atoms with Gasteiger partial charge in [-0.3, -0.25) is 8.75 Å². The van der Waals surface area contributed by atoms with Crippen molar-refractivity contribution in [2.24, 2.45) is 0 Å². The average Bonchev–Trinajstić information content (AvgIpc) is 3.89. The first-order chi connectivity index (χ1) is 31.0. The van der Waals surface area contributed by atoms with Crippen LogP contribution in [0.2, 0.25) is 0 Å². The lowest BCUT2D eigenvalue weighted by Gasteiger charge is -2.41. The van der Waals surface area contributed by atoms with Crippen LogP contribution in [-0.4, -0.2) is 58.4 Å². The lowest BCUT2D eigenvalue weighted by molar-refractivity contribution is -0.131. The molecule has 0 aliphatic carbocycles. The minimum Gasteiger partial charge on any atom is -0.358 e. The summed E-state index contributed by atoms with van der Waals surface area (Å²) in [6, 6.07) is 55.0. The van der Waals surface area contributed by atoms with Gasteiger partial charge in [-0.1, -0.05) is 182 Å². The number of halogens is 4. The van der Waals surface area contributed by atoms with Crippen LogP contribution >= 0.6 is 0 Å². The molecule has 3 heterocycles. The highest BCUT2D eigenvalue weighted by Gasteiger charge is 2.58. The molecule has 0 bridgehead atoms. The SMILES string of the molecule is O=S(=O)(O[C@@H]1[C@H](OC(c2ccccc2)(c2ccccc2)c2ccccc2)[C@@H](COC(c2ccccc2)(c2ccccc2)c2ccccc2)O[C@H]1n1cnc2cnc(F)nc21)C(F)(F)F. The van der Waals surface area contributed by atoms with Gasteiger partial charge in [0.1, 0.15) is 28.9 Å². The zero-order valence-corrected chi connectivity index (χ0v) is 34.5. The Labute approximate surface area is 365 Å². The number of fused-ring (bicyclic) bond motifs is 1. The first kappa shape index (κ1) is 42.7. The summed E-state index contributed by atoms with van der Waals surface area (Å²) >= 11 is 0. The maximum absolute atomic E-state index is 14.8. The predicted molar refractivity (Wildman–Crippen MR) is 228 cm³/mol. The number of benzene rings is 6. The monoisotopic (exact) mass is 886 g/mol. The molecular formula is C49H38F4N4O6S. The normalized spacial score (nSPS) is 18.3. The number of hydrogen-bond acceptors (Lipinski definition) is 9. The number of ether oxygens (including phenoxy) is 3. The highest BCUT2D eigenvalue weighted by atomic mass is 32.2. The summed E-state index contributed by atoms with van der Waals surface area (Å²) in [6.07, 6.45) is -6.00. The van der Waals surface area contributed by atoms with Gasteiger partial charge in [0.2, 0.25) is 0 Å². The van der Waals surface area contributed by atoms with Gasteiger partial charge in [0.15, 0.2) is 18.0 Å². The molecule has 64 heavy (non-hydrogen) atoms. The Hall–Kier alpha value is -6.62. The summed E-state index contributed by atoms with van der Waals surface area (Å²) < 4.78 is 113. The van der Waals surface area contributed by atoms with Crippen molar-refractivity contribution >= 4 is 21.3 Å². The van der Waals surface area contributed by atoms with Crippen LogP contribution in [0.4, 0.5) is 17.6 Å². The zero-order valence-electron chi connectivity index (χ0n) is 33.7. The summed E-state index contributed by atoms with van der Waals surface area (Å²) in [4.78, 5) is 11.7. The molecule has 1 fully saturated rings. The van der Waals surface area contributed by atoms with Crippen molar-refractivity contribution in [1.29, 1.82) is 0 Å². The van der Waals surface area contributed by atoms with Gasteiger partial charge in [0.25, 0.3) is 0 Å². The predicted octanol–water partition coefficient (Wildman–Crippen LogP) is 9.48. The minimum absolute atomic E-state index is 0.0445. The maximum Gasteiger partial charge on any atom is 0.523 e. The van der Waals surface area contributed by atoms with Crippen molar-refractivity contribution in [3.05, 3.63) is 234 Å². The van der Waals surface area contributed by atoms with E-state index in [-0.39, 0.29) is 11.2 Å². The second-order valence-corrected chi connectivity index (χ2v) is 16.5. The van der Waals surface area contributed by atoms with E-state index in [1.807, 2.05) is 91.0 Å². The van der Waals surface area contributed by atoms with E-state index < -0.39 is 64.1 Å². The van der Waals surface area contributed by atoms with E-state index >= 15 is 0 Å². The quantitative estimate of drug-likeness (QED) is 0.0347. The molecular weight excluding hydrogens is 849 g/mol. The van der Waals surface area contributed by atoms with Crippen LogP contribution in [0, 0.1) is 6.08 Å². The molecule has 4 atom stereocenters. The number of alkyl halides is 3. The van der Waals surface area contributed by atoms with E-state index in [2.05, 4.69) is 15.0 Å².